The molecule has 0 amide bonds. The van der Waals surface area contributed by atoms with E-state index in [2.05, 4.69) is 70.0 Å². The van der Waals surface area contributed by atoms with E-state index < -0.39 is 8.32 Å². The Morgan fingerprint density at radius 2 is 1.92 bits per heavy atom. The Balaban J connectivity index is 1.72. The van der Waals surface area contributed by atoms with E-state index in [1.54, 1.807) is 0 Å². The quantitative estimate of drug-likeness (QED) is 0.384. The number of hydrogen-bond acceptors (Lipinski definition) is 3. The second-order valence-corrected chi connectivity index (χ2v) is 13.3. The van der Waals surface area contributed by atoms with Crippen LogP contribution < -0.4 is 0 Å². The molecule has 134 valence electrons. The van der Waals surface area contributed by atoms with Gasteiger partial charge in [0.25, 0.3) is 0 Å². The number of carbonyl (C=O) groups is 1. The Bertz CT molecular complexity index is 551. The summed E-state index contributed by atoms with van der Waals surface area (Å²) in [5, 5.41) is 0.232. The third-order valence-electron chi connectivity index (χ3n) is 5.64. The summed E-state index contributed by atoms with van der Waals surface area (Å²) in [6.07, 6.45) is 1.48. The van der Waals surface area contributed by atoms with E-state index in [1.807, 2.05) is 6.07 Å². The van der Waals surface area contributed by atoms with Gasteiger partial charge in [-0.2, -0.15) is 0 Å². The number of nitrogens with zero attached hydrogens (tertiary/aromatic N) is 1. The van der Waals surface area contributed by atoms with Crippen LogP contribution >= 0.6 is 0 Å². The Labute approximate surface area is 148 Å². The van der Waals surface area contributed by atoms with E-state index in [0.717, 1.165) is 13.0 Å². The summed E-state index contributed by atoms with van der Waals surface area (Å²) in [6, 6.07) is 10.9. The first-order chi connectivity index (χ1) is 11.1. The van der Waals surface area contributed by atoms with Crippen LogP contribution in [0.15, 0.2) is 30.3 Å². The third-order valence-corrected chi connectivity index (χ3v) is 10.2. The molecule has 1 fully saturated rings. The smallest absolute Gasteiger partial charge is 0.191 e. The van der Waals surface area contributed by atoms with Crippen LogP contribution in [-0.2, 0) is 9.22 Å². The van der Waals surface area contributed by atoms with Crippen molar-refractivity contribution in [3.8, 4) is 0 Å². The number of benzene rings is 1. The molecule has 0 aliphatic carbocycles. The number of hydrogen-bond donors (Lipinski definition) is 0. The Morgan fingerprint density at radius 1 is 1.29 bits per heavy atom. The fourth-order valence-electron chi connectivity index (χ4n) is 2.75. The van der Waals surface area contributed by atoms with Gasteiger partial charge in [-0.05, 0) is 37.0 Å². The molecule has 24 heavy (non-hydrogen) atoms. The second-order valence-electron chi connectivity index (χ2n) is 8.48. The molecule has 1 aliphatic heterocycles. The van der Waals surface area contributed by atoms with Gasteiger partial charge >= 0.3 is 0 Å². The summed E-state index contributed by atoms with van der Waals surface area (Å²) in [4.78, 5) is 14.7. The van der Waals surface area contributed by atoms with E-state index in [1.165, 1.54) is 5.56 Å². The van der Waals surface area contributed by atoms with Crippen molar-refractivity contribution in [3.63, 3.8) is 0 Å². The molecular formula is C20H33NO2Si. The molecule has 1 saturated heterocycles. The van der Waals surface area contributed by atoms with Crippen molar-refractivity contribution in [3.05, 3.63) is 35.9 Å². The first-order valence-corrected chi connectivity index (χ1v) is 12.0. The lowest BCUT2D eigenvalue weighted by Gasteiger charge is -2.36. The fourth-order valence-corrected chi connectivity index (χ4v) is 3.83. The van der Waals surface area contributed by atoms with Gasteiger partial charge < -0.3 is 4.43 Å². The van der Waals surface area contributed by atoms with Crippen molar-refractivity contribution in [1.29, 1.82) is 0 Å². The maximum absolute atomic E-state index is 12.4. The Kier molecular flexibility index (Phi) is 6.05. The van der Waals surface area contributed by atoms with Gasteiger partial charge in [-0.25, -0.2) is 0 Å². The minimum atomic E-state index is -1.69. The van der Waals surface area contributed by atoms with Crippen LogP contribution in [0.25, 0.3) is 0 Å². The lowest BCUT2D eigenvalue weighted by atomic mass is 10.1. The standard InChI is InChI=1S/C20H33NO2Si/c1-16(17-11-8-7-9-12-17)21-15-18(21)19(22)13-10-14-23-24(5,6)20(2,3)4/h7-9,11-12,16,18H,10,13-15H2,1-6H3/t16-,18+,21?/m1/s1. The maximum atomic E-state index is 12.4. The van der Waals surface area contributed by atoms with E-state index in [0.29, 0.717) is 24.9 Å². The highest BCUT2D eigenvalue weighted by atomic mass is 28.4. The first kappa shape index (κ1) is 19.4. The van der Waals surface area contributed by atoms with Gasteiger partial charge in [-0.3, -0.25) is 9.69 Å². The molecule has 1 aromatic rings. The van der Waals surface area contributed by atoms with Gasteiger partial charge in [0.05, 0.1) is 6.04 Å². The van der Waals surface area contributed by atoms with Crippen molar-refractivity contribution < 1.29 is 9.22 Å². The van der Waals surface area contributed by atoms with Crippen molar-refractivity contribution in [1.82, 2.24) is 4.90 Å². The normalized spacial score (nSPS) is 22.2. The van der Waals surface area contributed by atoms with Crippen molar-refractivity contribution in [2.75, 3.05) is 13.2 Å². The lowest BCUT2D eigenvalue weighted by molar-refractivity contribution is -0.119. The summed E-state index contributed by atoms with van der Waals surface area (Å²) in [5.74, 6) is 0.372. The number of rotatable bonds is 8. The van der Waals surface area contributed by atoms with Crippen LogP contribution in [-0.4, -0.2) is 38.2 Å². The molecule has 1 aromatic carbocycles. The lowest BCUT2D eigenvalue weighted by Crippen LogP contribution is -2.41. The highest BCUT2D eigenvalue weighted by molar-refractivity contribution is 6.74. The highest BCUT2D eigenvalue weighted by Gasteiger charge is 2.43. The summed E-state index contributed by atoms with van der Waals surface area (Å²) >= 11 is 0. The summed E-state index contributed by atoms with van der Waals surface area (Å²) in [5.41, 5.74) is 1.29. The Hall–Kier alpha value is -0.973. The number of Topliss-reactive ketones (excluding diaryl/α,β-unsaturated/α-hetero) is 1. The molecule has 1 unspecified atom stereocenters. The second kappa shape index (κ2) is 7.50. The average Bonchev–Trinajstić information content (AvgIpc) is 3.31. The maximum Gasteiger partial charge on any atom is 0.191 e. The van der Waals surface area contributed by atoms with Gasteiger partial charge in [-0.15, -0.1) is 0 Å². The Morgan fingerprint density at radius 3 is 2.50 bits per heavy atom. The van der Waals surface area contributed by atoms with Crippen molar-refractivity contribution in [2.45, 2.75) is 70.8 Å². The molecule has 3 nitrogen and oxygen atoms in total. The zero-order valence-corrected chi connectivity index (χ0v) is 17.1. The molecule has 3 atom stereocenters. The first-order valence-electron chi connectivity index (χ1n) is 9.11. The molecular weight excluding hydrogens is 314 g/mol. The molecule has 0 aromatic heterocycles. The SMILES string of the molecule is C[C@H](c1ccccc1)N1C[C@H]1C(=O)CCCO[Si](C)(C)C(C)(C)C. The van der Waals surface area contributed by atoms with E-state index in [-0.39, 0.29) is 11.1 Å². The van der Waals surface area contributed by atoms with Gasteiger partial charge in [0.1, 0.15) is 0 Å². The summed E-state index contributed by atoms with van der Waals surface area (Å²) in [7, 11) is -1.69. The molecule has 2 rings (SSSR count). The number of carbonyl (C=O) groups excluding carboxylic acids is 1. The van der Waals surface area contributed by atoms with Gasteiger partial charge in [0, 0.05) is 25.6 Å². The predicted molar refractivity (Wildman–Crippen MR) is 103 cm³/mol. The monoisotopic (exact) mass is 347 g/mol. The largest absolute Gasteiger partial charge is 0.417 e. The van der Waals surface area contributed by atoms with Crippen molar-refractivity contribution in [2.24, 2.45) is 0 Å². The van der Waals surface area contributed by atoms with Crippen LogP contribution in [0.1, 0.15) is 52.1 Å². The fraction of sp³-hybridized carbons (Fsp3) is 0.650. The minimum absolute atomic E-state index is 0.119. The van der Waals surface area contributed by atoms with Crippen LogP contribution in [0, 0.1) is 0 Å². The summed E-state index contributed by atoms with van der Waals surface area (Å²) in [6.45, 7) is 15.1. The molecule has 0 spiro atoms. The van der Waals surface area contributed by atoms with E-state index >= 15 is 0 Å². The summed E-state index contributed by atoms with van der Waals surface area (Å²) < 4.78 is 6.16. The zero-order valence-electron chi connectivity index (χ0n) is 16.1. The molecule has 1 aliphatic rings. The molecule has 0 bridgehead atoms. The van der Waals surface area contributed by atoms with Crippen LogP contribution in [0.2, 0.25) is 18.1 Å². The molecule has 0 N–H and O–H groups in total. The highest BCUT2D eigenvalue weighted by Crippen LogP contribution is 2.37. The minimum Gasteiger partial charge on any atom is -0.417 e. The zero-order chi connectivity index (χ0) is 18.0. The van der Waals surface area contributed by atoms with Crippen LogP contribution in [0.4, 0.5) is 0 Å². The van der Waals surface area contributed by atoms with Crippen molar-refractivity contribution >= 4 is 14.1 Å². The van der Waals surface area contributed by atoms with Gasteiger partial charge in [0.15, 0.2) is 14.1 Å². The number of ketones is 1. The van der Waals surface area contributed by atoms with E-state index in [4.69, 9.17) is 4.43 Å². The topological polar surface area (TPSA) is 29.3 Å². The van der Waals surface area contributed by atoms with Gasteiger partial charge in [0.2, 0.25) is 0 Å². The molecule has 0 saturated carbocycles. The van der Waals surface area contributed by atoms with Crippen LogP contribution in [0.5, 0.6) is 0 Å². The van der Waals surface area contributed by atoms with Gasteiger partial charge in [-0.1, -0.05) is 51.1 Å². The molecule has 0 radical (unpaired) electrons. The van der Waals surface area contributed by atoms with E-state index in [9.17, 15) is 4.79 Å². The average molecular weight is 348 g/mol. The molecule has 4 heteroatoms. The van der Waals surface area contributed by atoms with Crippen LogP contribution in [0.3, 0.4) is 0 Å². The predicted octanol–water partition coefficient (Wildman–Crippen LogP) is 4.80. The molecule has 1 heterocycles. The third kappa shape index (κ3) is 4.77.